The number of aryl methyl sites for hydroxylation is 1. The topological polar surface area (TPSA) is 111 Å². The van der Waals surface area contributed by atoms with Gasteiger partial charge in [-0.25, -0.2) is 0 Å². The van der Waals surface area contributed by atoms with E-state index in [4.69, 9.17) is 20.0 Å². The van der Waals surface area contributed by atoms with Crippen molar-refractivity contribution in [1.29, 1.82) is 0 Å². The number of aliphatic hydroxyl groups is 1. The van der Waals surface area contributed by atoms with E-state index >= 15 is 0 Å². The number of nitrogens with one attached hydrogen (secondary N) is 1. The lowest BCUT2D eigenvalue weighted by atomic mass is 9.79. The highest BCUT2D eigenvalue weighted by Crippen LogP contribution is 2.43. The zero-order chi connectivity index (χ0) is 31.2. The fourth-order valence-corrected chi connectivity index (χ4v) is 4.88. The second-order valence-electron chi connectivity index (χ2n) is 10.8. The Kier molecular flexibility index (Phi) is 11.9. The number of carbonyl (C=O) groups excluding carboxylic acids is 1. The van der Waals surface area contributed by atoms with Gasteiger partial charge in [0.05, 0.1) is 21.7 Å². The Morgan fingerprint density at radius 1 is 1.27 bits per heavy atom. The van der Waals surface area contributed by atoms with Gasteiger partial charge in [0.1, 0.15) is 5.75 Å². The third-order valence-corrected chi connectivity index (χ3v) is 7.48. The molecule has 3 rings (SSSR count). The summed E-state index contributed by atoms with van der Waals surface area (Å²) in [7, 11) is 0. The lowest BCUT2D eigenvalue weighted by Crippen LogP contribution is -2.45. The lowest BCUT2D eigenvalue weighted by Gasteiger charge is -2.34. The van der Waals surface area contributed by atoms with Crippen LogP contribution in [0, 0.1) is 11.3 Å². The highest BCUT2D eigenvalue weighted by molar-refractivity contribution is 7.51. The number of nitrogens with zero attached hydrogens (tertiary/aromatic N) is 2. The fraction of sp³-hybridized carbons (Fsp3) is 0.615. The summed E-state index contributed by atoms with van der Waals surface area (Å²) in [5, 5.41) is 17.6. The van der Waals surface area contributed by atoms with E-state index in [2.05, 4.69) is 22.1 Å². The molecule has 15 heteroatoms. The number of hydrogen-bond acceptors (Lipinski definition) is 6. The van der Waals surface area contributed by atoms with Gasteiger partial charge < -0.3 is 15.2 Å². The first kappa shape index (κ1) is 34.6. The number of hydrogen-bond donors (Lipinski definition) is 2. The normalized spacial score (nSPS) is 19.4. The highest BCUT2D eigenvalue weighted by Gasteiger charge is 2.47. The maximum atomic E-state index is 13.4. The molecule has 1 heterocycles. The molecule has 230 valence electrons. The molecule has 8 nitrogen and oxygen atoms in total. The smallest absolute Gasteiger partial charge is 0.394 e. The Labute approximate surface area is 243 Å². The average Bonchev–Trinajstić information content (AvgIpc) is 3.20. The molecule has 0 aliphatic heterocycles. The van der Waals surface area contributed by atoms with E-state index in [0.717, 1.165) is 32.8 Å². The van der Waals surface area contributed by atoms with Crippen LogP contribution in [0.3, 0.4) is 0 Å². The van der Waals surface area contributed by atoms with Gasteiger partial charge in [0.25, 0.3) is 5.91 Å². The van der Waals surface area contributed by atoms with E-state index in [1.807, 2.05) is 0 Å². The van der Waals surface area contributed by atoms with Gasteiger partial charge in [0, 0.05) is 18.7 Å². The number of amides is 1. The number of halogens is 6. The Balaban J connectivity index is 0.00000187. The van der Waals surface area contributed by atoms with E-state index < -0.39 is 47.7 Å². The van der Waals surface area contributed by atoms with Crippen LogP contribution in [0.5, 0.6) is 5.75 Å². The molecule has 1 aliphatic rings. The summed E-state index contributed by atoms with van der Waals surface area (Å²) >= 11 is 5.78. The number of alkyl halides is 5. The van der Waals surface area contributed by atoms with Gasteiger partial charge >= 0.3 is 24.4 Å². The van der Waals surface area contributed by atoms with Crippen molar-refractivity contribution in [1.82, 2.24) is 15.1 Å². The van der Waals surface area contributed by atoms with E-state index in [1.165, 1.54) is 16.8 Å². The summed E-state index contributed by atoms with van der Waals surface area (Å²) in [5.74, 6) is -0.529. The van der Waals surface area contributed by atoms with Crippen LogP contribution >= 0.6 is 11.6 Å². The van der Waals surface area contributed by atoms with Crippen LogP contribution in [-0.2, 0) is 24.5 Å². The van der Waals surface area contributed by atoms with Crippen molar-refractivity contribution in [2.45, 2.75) is 84.7 Å². The van der Waals surface area contributed by atoms with Crippen LogP contribution in [-0.4, -0.2) is 54.1 Å². The summed E-state index contributed by atoms with van der Waals surface area (Å²) in [6.07, 6.45) is -2.21. The molecule has 2 aromatic rings. The van der Waals surface area contributed by atoms with Crippen molar-refractivity contribution < 1.29 is 45.0 Å². The molecule has 2 N–H and O–H groups in total. The molecule has 41 heavy (non-hydrogen) atoms. The van der Waals surface area contributed by atoms with Gasteiger partial charge in [-0.15, -0.1) is 0 Å². The van der Waals surface area contributed by atoms with Crippen molar-refractivity contribution in [3.63, 3.8) is 0 Å². The van der Waals surface area contributed by atoms with Gasteiger partial charge in [-0.1, -0.05) is 38.4 Å². The Morgan fingerprint density at radius 3 is 2.37 bits per heavy atom. The number of aromatic nitrogens is 2. The van der Waals surface area contributed by atoms with Crippen molar-refractivity contribution in [2.24, 2.45) is 11.3 Å². The maximum Gasteiger partial charge on any atom is 0.394 e. The number of carbonyl (C=O) groups is 1. The zero-order valence-corrected chi connectivity index (χ0v) is 24.6. The fourth-order valence-electron chi connectivity index (χ4n) is 4.55. The number of benzene rings is 1. The summed E-state index contributed by atoms with van der Waals surface area (Å²) in [6.45, 7) is 2.81. The quantitative estimate of drug-likeness (QED) is 0.332. The van der Waals surface area contributed by atoms with Crippen molar-refractivity contribution in [3.05, 3.63) is 34.5 Å². The van der Waals surface area contributed by atoms with Crippen LogP contribution in [0.2, 0.25) is 5.02 Å². The van der Waals surface area contributed by atoms with Crippen molar-refractivity contribution in [2.75, 3.05) is 6.54 Å². The minimum atomic E-state index is -4.51. The van der Waals surface area contributed by atoms with Gasteiger partial charge in [-0.2, -0.15) is 35.5 Å². The van der Waals surface area contributed by atoms with Gasteiger partial charge in [0.15, 0.2) is 5.69 Å². The predicted molar refractivity (Wildman–Crippen MR) is 142 cm³/mol. The highest BCUT2D eigenvalue weighted by atomic mass is 35.5. The molecule has 0 spiro atoms. The van der Waals surface area contributed by atoms with E-state index in [1.54, 1.807) is 6.92 Å². The molecule has 1 saturated carbocycles. The number of rotatable bonds is 9. The summed E-state index contributed by atoms with van der Waals surface area (Å²) in [5.41, 5.74) is -3.01. The first-order chi connectivity index (χ1) is 19.0. The third kappa shape index (κ3) is 8.95. The molecule has 0 unspecified atom stereocenters. The van der Waals surface area contributed by atoms with Crippen LogP contribution in [0.15, 0.2) is 18.2 Å². The lowest BCUT2D eigenvalue weighted by molar-refractivity contribution is -0.211. The molecule has 1 aromatic carbocycles. The Bertz CT molecular complexity index is 1240. The number of ether oxygens (including phenoxy) is 1. The van der Waals surface area contributed by atoms with E-state index in [9.17, 15) is 31.9 Å². The third-order valence-electron chi connectivity index (χ3n) is 7.12. The molecule has 1 fully saturated rings. The zero-order valence-electron chi connectivity index (χ0n) is 23.0. The molecule has 1 aromatic heterocycles. The molecule has 0 bridgehead atoms. The van der Waals surface area contributed by atoms with Gasteiger partial charge in [-0.3, -0.25) is 9.48 Å². The Hall–Kier alpha value is -2.58. The van der Waals surface area contributed by atoms with Crippen LogP contribution < -0.4 is 10.1 Å². The Morgan fingerprint density at radius 2 is 1.85 bits per heavy atom. The van der Waals surface area contributed by atoms with Crippen molar-refractivity contribution >= 4 is 29.1 Å². The van der Waals surface area contributed by atoms with Crippen LogP contribution in [0.1, 0.15) is 69.4 Å². The first-order valence-corrected chi connectivity index (χ1v) is 13.9. The monoisotopic (exact) mass is 629 g/mol. The molecular formula is C26H33ClF5N3O5S. The van der Waals surface area contributed by atoms with Crippen molar-refractivity contribution in [3.8, 4) is 17.0 Å². The second-order valence-corrected chi connectivity index (χ2v) is 11.3. The average molecular weight is 630 g/mol. The summed E-state index contributed by atoms with van der Waals surface area (Å²) in [6, 6.07) is 3.84. The van der Waals surface area contributed by atoms with Gasteiger partial charge in [0.2, 0.25) is 0 Å². The summed E-state index contributed by atoms with van der Waals surface area (Å²) < 4.78 is 89.3. The summed E-state index contributed by atoms with van der Waals surface area (Å²) in [4.78, 5) is 13.0. The minimum absolute atomic E-state index is 0.00658. The largest absolute Gasteiger partial charge is 0.434 e. The van der Waals surface area contributed by atoms with Crippen LogP contribution in [0.4, 0.5) is 22.0 Å². The predicted octanol–water partition coefficient (Wildman–Crippen LogP) is 5.96. The van der Waals surface area contributed by atoms with E-state index in [-0.39, 0.29) is 46.4 Å². The molecule has 1 aliphatic carbocycles. The SMILES string of the molecule is CCn1nc(C(=O)NCC2(O)CCC(C)CC2)c(Cl)c1-c1ccc(CC(C)(C)C(F)(F)F)cc1OC(F)F.O=S=O. The molecule has 1 amide bonds. The molecule has 0 saturated heterocycles. The first-order valence-electron chi connectivity index (χ1n) is 12.8. The molecule has 0 radical (unpaired) electrons. The minimum Gasteiger partial charge on any atom is -0.434 e. The molecule has 0 atom stereocenters. The van der Waals surface area contributed by atoms with E-state index in [0.29, 0.717) is 18.8 Å². The van der Waals surface area contributed by atoms with Crippen LogP contribution in [0.25, 0.3) is 11.3 Å². The second kappa shape index (κ2) is 14.1. The maximum absolute atomic E-state index is 13.4. The standard InChI is InChI=1S/C26H33ClF5N3O3.O2S/c1-5-35-21(19(27)20(34-35)22(36)33-14-25(37)10-8-15(2)9-11-25)17-7-6-16(12-18(17)38-23(28)29)13-24(3,4)26(30,31)32;1-3-2/h6-7,12,15,23,37H,5,8-11,13-14H2,1-4H3,(H,33,36);. The van der Waals surface area contributed by atoms with Gasteiger partial charge in [-0.05, 0) is 62.6 Å². The molecular weight excluding hydrogens is 597 g/mol.